The van der Waals surface area contributed by atoms with Crippen LogP contribution in [0.1, 0.15) is 25.7 Å². The molecule has 0 spiro atoms. The summed E-state index contributed by atoms with van der Waals surface area (Å²) >= 11 is 5.85. The van der Waals surface area contributed by atoms with Crippen LogP contribution in [-0.4, -0.2) is 11.7 Å². The number of nitrogens with zero attached hydrogens (tertiary/aromatic N) is 1. The van der Waals surface area contributed by atoms with Crippen LogP contribution < -0.4 is 4.90 Å². The van der Waals surface area contributed by atoms with Crippen molar-refractivity contribution in [1.82, 2.24) is 0 Å². The number of nitrogens with one attached hydrogen (secondary N) is 1. The molecular formula is C14H13ClN2O. The molecule has 0 atom stereocenters. The predicted octanol–water partition coefficient (Wildman–Crippen LogP) is 3.53. The first kappa shape index (κ1) is 11.5. The molecule has 1 N–H and O–H groups in total. The Hall–Kier alpha value is -1.61. The van der Waals surface area contributed by atoms with E-state index in [0.717, 1.165) is 42.5 Å². The second kappa shape index (κ2) is 4.25. The fourth-order valence-corrected chi connectivity index (χ4v) is 2.74. The maximum absolute atomic E-state index is 12.3. The Labute approximate surface area is 111 Å². The Morgan fingerprint density at radius 3 is 2.28 bits per heavy atom. The van der Waals surface area contributed by atoms with Gasteiger partial charge in [0.15, 0.2) is 0 Å². The second-order valence-electron chi connectivity index (χ2n) is 4.63. The van der Waals surface area contributed by atoms with E-state index in [2.05, 4.69) is 0 Å². The van der Waals surface area contributed by atoms with E-state index < -0.39 is 0 Å². The fourth-order valence-electron chi connectivity index (χ4n) is 2.61. The summed E-state index contributed by atoms with van der Waals surface area (Å²) in [5.41, 5.74) is 2.49. The number of amidine groups is 1. The summed E-state index contributed by atoms with van der Waals surface area (Å²) in [5, 5.41) is 8.80. The minimum absolute atomic E-state index is 0.0305. The summed E-state index contributed by atoms with van der Waals surface area (Å²) in [7, 11) is 0. The van der Waals surface area contributed by atoms with Gasteiger partial charge in [-0.1, -0.05) is 11.6 Å². The molecule has 0 saturated heterocycles. The first-order chi connectivity index (χ1) is 8.68. The Morgan fingerprint density at radius 2 is 1.67 bits per heavy atom. The van der Waals surface area contributed by atoms with Crippen molar-refractivity contribution in [1.29, 1.82) is 5.41 Å². The van der Waals surface area contributed by atoms with Gasteiger partial charge in [0.05, 0.1) is 5.69 Å². The second-order valence-corrected chi connectivity index (χ2v) is 5.07. The fraction of sp³-hybridized carbons (Fsp3) is 0.286. The molecule has 1 aromatic rings. The highest BCUT2D eigenvalue weighted by atomic mass is 35.5. The SMILES string of the molecule is N=C1C2=C(CCCC2)C(=O)N1c1ccc(Cl)cc1. The number of rotatable bonds is 1. The standard InChI is InChI=1S/C14H13ClN2O/c15-9-5-7-10(8-6-9)17-13(16)11-3-1-2-4-12(11)14(17)18/h5-8,16H,1-4H2. The van der Waals surface area contributed by atoms with Crippen molar-refractivity contribution in [2.75, 3.05) is 4.90 Å². The van der Waals surface area contributed by atoms with Gasteiger partial charge in [0.2, 0.25) is 0 Å². The van der Waals surface area contributed by atoms with Crippen molar-refractivity contribution in [3.63, 3.8) is 0 Å². The monoisotopic (exact) mass is 260 g/mol. The van der Waals surface area contributed by atoms with Gasteiger partial charge >= 0.3 is 0 Å². The Balaban J connectivity index is 1.99. The van der Waals surface area contributed by atoms with Gasteiger partial charge in [-0.2, -0.15) is 0 Å². The minimum atomic E-state index is -0.0305. The zero-order valence-electron chi connectivity index (χ0n) is 9.87. The van der Waals surface area contributed by atoms with Crippen molar-refractivity contribution >= 4 is 29.0 Å². The van der Waals surface area contributed by atoms with Crippen molar-refractivity contribution in [3.8, 4) is 0 Å². The van der Waals surface area contributed by atoms with Crippen LogP contribution in [0.3, 0.4) is 0 Å². The zero-order valence-corrected chi connectivity index (χ0v) is 10.6. The molecule has 3 nitrogen and oxygen atoms in total. The van der Waals surface area contributed by atoms with Gasteiger partial charge in [-0.05, 0) is 49.9 Å². The molecule has 0 fully saturated rings. The molecule has 1 aliphatic heterocycles. The summed E-state index contributed by atoms with van der Waals surface area (Å²) in [5.74, 6) is 0.314. The highest BCUT2D eigenvalue weighted by molar-refractivity contribution is 6.34. The first-order valence-corrected chi connectivity index (χ1v) is 6.47. The third-order valence-electron chi connectivity index (χ3n) is 3.52. The molecule has 0 bridgehead atoms. The summed E-state index contributed by atoms with van der Waals surface area (Å²) in [4.78, 5) is 13.8. The topological polar surface area (TPSA) is 44.2 Å². The summed E-state index contributed by atoms with van der Waals surface area (Å²) < 4.78 is 0. The molecule has 1 aliphatic carbocycles. The Kier molecular flexibility index (Phi) is 2.71. The van der Waals surface area contributed by atoms with Crippen molar-refractivity contribution in [3.05, 3.63) is 40.4 Å². The lowest BCUT2D eigenvalue weighted by molar-refractivity contribution is -0.114. The smallest absolute Gasteiger partial charge is 0.260 e. The van der Waals surface area contributed by atoms with Gasteiger partial charge in [0.25, 0.3) is 5.91 Å². The van der Waals surface area contributed by atoms with E-state index in [4.69, 9.17) is 17.0 Å². The number of hydrogen-bond acceptors (Lipinski definition) is 2. The normalized spacial score (nSPS) is 19.5. The van der Waals surface area contributed by atoms with Crippen molar-refractivity contribution < 1.29 is 4.79 Å². The first-order valence-electron chi connectivity index (χ1n) is 6.09. The van der Waals surface area contributed by atoms with Crippen molar-refractivity contribution in [2.24, 2.45) is 0 Å². The lowest BCUT2D eigenvalue weighted by Gasteiger charge is -2.17. The van der Waals surface area contributed by atoms with Gasteiger partial charge in [-0.25, -0.2) is 0 Å². The Morgan fingerprint density at radius 1 is 1.06 bits per heavy atom. The van der Waals surface area contributed by atoms with Crippen LogP contribution in [0, 0.1) is 5.41 Å². The summed E-state index contributed by atoms with van der Waals surface area (Å²) in [6, 6.07) is 7.06. The molecule has 0 saturated carbocycles. The number of anilines is 1. The molecule has 0 aromatic heterocycles. The van der Waals surface area contributed by atoms with Crippen LogP contribution in [0.5, 0.6) is 0 Å². The highest BCUT2D eigenvalue weighted by Gasteiger charge is 2.36. The van der Waals surface area contributed by atoms with E-state index in [1.165, 1.54) is 4.90 Å². The van der Waals surface area contributed by atoms with Gasteiger partial charge < -0.3 is 0 Å². The molecule has 0 unspecified atom stereocenters. The molecule has 1 amide bonds. The third-order valence-corrected chi connectivity index (χ3v) is 3.78. The third kappa shape index (κ3) is 1.66. The van der Waals surface area contributed by atoms with Crippen LogP contribution in [0.2, 0.25) is 5.02 Å². The molecule has 92 valence electrons. The lowest BCUT2D eigenvalue weighted by atomic mass is 9.93. The number of carbonyl (C=O) groups is 1. The van der Waals surface area contributed by atoms with Gasteiger partial charge in [0.1, 0.15) is 5.84 Å². The summed E-state index contributed by atoms with van der Waals surface area (Å²) in [6.07, 6.45) is 3.78. The number of amides is 1. The quantitative estimate of drug-likeness (QED) is 0.825. The molecule has 0 radical (unpaired) electrons. The molecular weight excluding hydrogens is 248 g/mol. The van der Waals surface area contributed by atoms with Crippen LogP contribution in [0.15, 0.2) is 35.4 Å². The minimum Gasteiger partial charge on any atom is -0.284 e. The number of halogens is 1. The molecule has 2 aliphatic rings. The number of carbonyl (C=O) groups excluding carboxylic acids is 1. The van der Waals surface area contributed by atoms with E-state index in [1.54, 1.807) is 24.3 Å². The van der Waals surface area contributed by atoms with Gasteiger partial charge in [-0.15, -0.1) is 0 Å². The molecule has 18 heavy (non-hydrogen) atoms. The van der Waals surface area contributed by atoms with Crippen LogP contribution in [0.25, 0.3) is 0 Å². The van der Waals surface area contributed by atoms with E-state index in [-0.39, 0.29) is 5.91 Å². The van der Waals surface area contributed by atoms with Crippen LogP contribution in [0.4, 0.5) is 5.69 Å². The number of hydrogen-bond donors (Lipinski definition) is 1. The number of benzene rings is 1. The molecule has 4 heteroatoms. The maximum Gasteiger partial charge on any atom is 0.260 e. The largest absolute Gasteiger partial charge is 0.284 e. The van der Waals surface area contributed by atoms with Crippen LogP contribution >= 0.6 is 11.6 Å². The molecule has 1 aromatic carbocycles. The van der Waals surface area contributed by atoms with E-state index >= 15 is 0 Å². The molecule has 1 heterocycles. The lowest BCUT2D eigenvalue weighted by Crippen LogP contribution is -2.30. The van der Waals surface area contributed by atoms with E-state index in [0.29, 0.717) is 10.9 Å². The maximum atomic E-state index is 12.3. The Bertz CT molecular complexity index is 532. The van der Waals surface area contributed by atoms with Crippen molar-refractivity contribution in [2.45, 2.75) is 25.7 Å². The average Bonchev–Trinajstić information content (AvgIpc) is 2.64. The summed E-state index contributed by atoms with van der Waals surface area (Å²) in [6.45, 7) is 0. The van der Waals surface area contributed by atoms with Gasteiger partial charge in [0, 0.05) is 16.2 Å². The average molecular weight is 261 g/mol. The van der Waals surface area contributed by atoms with Crippen LogP contribution in [-0.2, 0) is 4.79 Å². The zero-order chi connectivity index (χ0) is 12.7. The highest BCUT2D eigenvalue weighted by Crippen LogP contribution is 2.35. The van der Waals surface area contributed by atoms with E-state index in [1.807, 2.05) is 0 Å². The van der Waals surface area contributed by atoms with Gasteiger partial charge in [-0.3, -0.25) is 15.1 Å². The van der Waals surface area contributed by atoms with E-state index in [9.17, 15) is 4.79 Å². The predicted molar refractivity (Wildman–Crippen MR) is 72.2 cm³/mol. The molecule has 3 rings (SSSR count).